The van der Waals surface area contributed by atoms with Gasteiger partial charge >= 0.3 is 0 Å². The zero-order chi connectivity index (χ0) is 23.8. The molecule has 2 amide bonds. The molecule has 0 saturated carbocycles. The van der Waals surface area contributed by atoms with Gasteiger partial charge in [0.2, 0.25) is 5.91 Å². The first kappa shape index (κ1) is 25.9. The molecule has 2 aromatic rings. The molecule has 2 unspecified atom stereocenters. The summed E-state index contributed by atoms with van der Waals surface area (Å²) in [5.41, 5.74) is 3.30. The largest absolute Gasteiger partial charge is 0.483 e. The Labute approximate surface area is 200 Å². The van der Waals surface area contributed by atoms with Gasteiger partial charge in [-0.2, -0.15) is 0 Å². The van der Waals surface area contributed by atoms with Crippen LogP contribution < -0.4 is 10.1 Å². The summed E-state index contributed by atoms with van der Waals surface area (Å²) in [5, 5.41) is 2.98. The second-order valence-corrected chi connectivity index (χ2v) is 9.49. The number of hydrogen-bond donors (Lipinski definition) is 1. The summed E-state index contributed by atoms with van der Waals surface area (Å²) in [6.07, 6.45) is 0.827. The lowest BCUT2D eigenvalue weighted by molar-refractivity contribution is -0.142. The molecule has 0 radical (unpaired) electrons. The highest BCUT2D eigenvalue weighted by molar-refractivity contribution is 9.10. The van der Waals surface area contributed by atoms with Gasteiger partial charge < -0.3 is 15.0 Å². The van der Waals surface area contributed by atoms with E-state index in [0.29, 0.717) is 18.2 Å². The van der Waals surface area contributed by atoms with Gasteiger partial charge in [-0.25, -0.2) is 0 Å². The maximum absolute atomic E-state index is 13.2. The van der Waals surface area contributed by atoms with E-state index in [9.17, 15) is 9.59 Å². The van der Waals surface area contributed by atoms with Crippen LogP contribution in [0.3, 0.4) is 0 Å². The Bertz CT molecular complexity index is 912. The number of benzene rings is 2. The molecule has 0 heterocycles. The Morgan fingerprint density at radius 1 is 1.06 bits per heavy atom. The summed E-state index contributed by atoms with van der Waals surface area (Å²) in [6, 6.07) is 13.3. The number of hydrogen-bond acceptors (Lipinski definition) is 3. The van der Waals surface area contributed by atoms with Gasteiger partial charge in [-0.05, 0) is 72.3 Å². The van der Waals surface area contributed by atoms with E-state index >= 15 is 0 Å². The first-order valence-corrected chi connectivity index (χ1v) is 12.0. The summed E-state index contributed by atoms with van der Waals surface area (Å²) < 4.78 is 6.64. The van der Waals surface area contributed by atoms with Gasteiger partial charge in [0, 0.05) is 12.6 Å². The molecule has 174 valence electrons. The summed E-state index contributed by atoms with van der Waals surface area (Å²) in [4.78, 5) is 27.5. The lowest BCUT2D eigenvalue weighted by atomic mass is 10.0. The first-order chi connectivity index (χ1) is 15.1. The fourth-order valence-corrected chi connectivity index (χ4v) is 3.66. The van der Waals surface area contributed by atoms with Crippen molar-refractivity contribution in [3.05, 3.63) is 63.6 Å². The Morgan fingerprint density at radius 3 is 2.28 bits per heavy atom. The average Bonchev–Trinajstić information content (AvgIpc) is 2.76. The smallest absolute Gasteiger partial charge is 0.261 e. The second kappa shape index (κ2) is 12.0. The van der Waals surface area contributed by atoms with Crippen molar-refractivity contribution in [1.82, 2.24) is 10.2 Å². The van der Waals surface area contributed by atoms with Gasteiger partial charge in [-0.3, -0.25) is 9.59 Å². The first-order valence-electron chi connectivity index (χ1n) is 11.2. The average molecular weight is 503 g/mol. The number of carbonyl (C=O) groups excluding carboxylic acids is 2. The van der Waals surface area contributed by atoms with E-state index in [1.54, 1.807) is 11.8 Å². The van der Waals surface area contributed by atoms with Crippen LogP contribution in [0.25, 0.3) is 0 Å². The SMILES string of the molecule is CCC(C)NC(=O)C(C)N(Cc1ccc(C)cc1)C(=O)COc1ccc(C(C)C)cc1Br. The molecule has 0 aromatic heterocycles. The van der Waals surface area contributed by atoms with Crippen LogP contribution in [0.1, 0.15) is 63.6 Å². The lowest BCUT2D eigenvalue weighted by Crippen LogP contribution is -2.50. The summed E-state index contributed by atoms with van der Waals surface area (Å²) >= 11 is 3.54. The summed E-state index contributed by atoms with van der Waals surface area (Å²) in [5.74, 6) is 0.603. The standard InChI is InChI=1S/C26H35BrN2O3/c1-7-19(5)28-26(31)20(6)29(15-21-10-8-18(4)9-11-21)25(30)16-32-24-13-12-22(17(2)3)14-23(24)27/h8-14,17,19-20H,7,15-16H2,1-6H3,(H,28,31). The van der Waals surface area contributed by atoms with E-state index < -0.39 is 6.04 Å². The van der Waals surface area contributed by atoms with Crippen LogP contribution in [-0.2, 0) is 16.1 Å². The number of halogens is 1. The van der Waals surface area contributed by atoms with Crippen molar-refractivity contribution in [2.45, 2.75) is 72.5 Å². The predicted molar refractivity (Wildman–Crippen MR) is 133 cm³/mol. The minimum Gasteiger partial charge on any atom is -0.483 e. The van der Waals surface area contributed by atoms with Gasteiger partial charge in [0.25, 0.3) is 5.91 Å². The number of aryl methyl sites for hydroxylation is 1. The molecule has 2 aromatic carbocycles. The van der Waals surface area contributed by atoms with Crippen LogP contribution in [0, 0.1) is 6.92 Å². The molecule has 0 fully saturated rings. The summed E-state index contributed by atoms with van der Waals surface area (Å²) in [7, 11) is 0. The Hall–Kier alpha value is -2.34. The van der Waals surface area contributed by atoms with Crippen LogP contribution in [0.15, 0.2) is 46.9 Å². The maximum atomic E-state index is 13.2. The van der Waals surface area contributed by atoms with E-state index in [-0.39, 0.29) is 24.5 Å². The van der Waals surface area contributed by atoms with E-state index in [4.69, 9.17) is 4.74 Å². The predicted octanol–water partition coefficient (Wildman–Crippen LogP) is 5.59. The Kier molecular flexibility index (Phi) is 9.76. The van der Waals surface area contributed by atoms with E-state index in [1.807, 2.05) is 63.2 Å². The van der Waals surface area contributed by atoms with Crippen molar-refractivity contribution in [2.75, 3.05) is 6.61 Å². The van der Waals surface area contributed by atoms with Crippen molar-refractivity contribution < 1.29 is 14.3 Å². The molecule has 0 spiro atoms. The molecule has 0 aliphatic rings. The third kappa shape index (κ3) is 7.37. The van der Waals surface area contributed by atoms with E-state index in [1.165, 1.54) is 5.56 Å². The third-order valence-electron chi connectivity index (χ3n) is 5.62. The molecule has 32 heavy (non-hydrogen) atoms. The highest BCUT2D eigenvalue weighted by Crippen LogP contribution is 2.29. The number of amides is 2. The highest BCUT2D eigenvalue weighted by atomic mass is 79.9. The van der Waals surface area contributed by atoms with Crippen LogP contribution in [0.4, 0.5) is 0 Å². The normalized spacial score (nSPS) is 12.9. The van der Waals surface area contributed by atoms with Crippen LogP contribution in [0.5, 0.6) is 5.75 Å². The lowest BCUT2D eigenvalue weighted by Gasteiger charge is -2.29. The van der Waals surface area contributed by atoms with E-state index in [0.717, 1.165) is 22.0 Å². The number of ether oxygens (including phenoxy) is 1. The van der Waals surface area contributed by atoms with Crippen molar-refractivity contribution in [3.8, 4) is 5.75 Å². The minimum atomic E-state index is -0.617. The molecule has 0 bridgehead atoms. The third-order valence-corrected chi connectivity index (χ3v) is 6.24. The van der Waals surface area contributed by atoms with Crippen molar-refractivity contribution >= 4 is 27.7 Å². The van der Waals surface area contributed by atoms with Gasteiger partial charge in [0.15, 0.2) is 6.61 Å². The van der Waals surface area contributed by atoms with Crippen LogP contribution in [0.2, 0.25) is 0 Å². The Morgan fingerprint density at radius 2 is 1.72 bits per heavy atom. The fraction of sp³-hybridized carbons (Fsp3) is 0.462. The zero-order valence-corrected chi connectivity index (χ0v) is 21.5. The van der Waals surface area contributed by atoms with Crippen LogP contribution >= 0.6 is 15.9 Å². The van der Waals surface area contributed by atoms with Gasteiger partial charge in [0.1, 0.15) is 11.8 Å². The molecular weight excluding hydrogens is 468 g/mol. The van der Waals surface area contributed by atoms with Gasteiger partial charge in [-0.15, -0.1) is 0 Å². The number of carbonyl (C=O) groups is 2. The molecule has 1 N–H and O–H groups in total. The monoisotopic (exact) mass is 502 g/mol. The van der Waals surface area contributed by atoms with Crippen molar-refractivity contribution in [3.63, 3.8) is 0 Å². The molecule has 0 aliphatic heterocycles. The molecule has 0 saturated heterocycles. The number of nitrogens with one attached hydrogen (secondary N) is 1. The van der Waals surface area contributed by atoms with Crippen molar-refractivity contribution in [2.24, 2.45) is 0 Å². The zero-order valence-electron chi connectivity index (χ0n) is 19.9. The number of nitrogens with zero attached hydrogens (tertiary/aromatic N) is 1. The fourth-order valence-electron chi connectivity index (χ4n) is 3.15. The molecule has 0 aliphatic carbocycles. The highest BCUT2D eigenvalue weighted by Gasteiger charge is 2.27. The van der Waals surface area contributed by atoms with Gasteiger partial charge in [-0.1, -0.05) is 56.7 Å². The second-order valence-electron chi connectivity index (χ2n) is 8.63. The molecular formula is C26H35BrN2O3. The molecule has 5 nitrogen and oxygen atoms in total. The van der Waals surface area contributed by atoms with Crippen molar-refractivity contribution in [1.29, 1.82) is 0 Å². The summed E-state index contributed by atoms with van der Waals surface area (Å²) in [6.45, 7) is 12.2. The molecule has 2 atom stereocenters. The van der Waals surface area contributed by atoms with Crippen LogP contribution in [-0.4, -0.2) is 35.4 Å². The molecule has 6 heteroatoms. The number of rotatable bonds is 10. The topological polar surface area (TPSA) is 58.6 Å². The van der Waals surface area contributed by atoms with E-state index in [2.05, 4.69) is 35.1 Å². The van der Waals surface area contributed by atoms with Gasteiger partial charge in [0.05, 0.1) is 4.47 Å². The maximum Gasteiger partial charge on any atom is 0.261 e. The minimum absolute atomic E-state index is 0.0490. The quantitative estimate of drug-likeness (QED) is 0.460. The Balaban J connectivity index is 2.17. The molecule has 2 rings (SSSR count).